The van der Waals surface area contributed by atoms with Gasteiger partial charge in [-0.15, -0.1) is 0 Å². The molecule has 10 aromatic carbocycles. The first-order valence-electron chi connectivity index (χ1n) is 19.3. The monoisotopic (exact) mass is 725 g/mol. The number of fused-ring (bicyclic) bond motifs is 9. The number of furan rings is 1. The summed E-state index contributed by atoms with van der Waals surface area (Å²) in [7, 11) is 0. The summed E-state index contributed by atoms with van der Waals surface area (Å²) in [6, 6.07) is 66.4. The summed E-state index contributed by atoms with van der Waals surface area (Å²) in [4.78, 5) is 15.6. The molecule has 0 saturated heterocycles. The molecule has 57 heavy (non-hydrogen) atoms. The van der Waals surface area contributed by atoms with Crippen molar-refractivity contribution in [1.82, 2.24) is 15.0 Å². The summed E-state index contributed by atoms with van der Waals surface area (Å²) < 4.78 is 6.95. The average Bonchev–Trinajstić information content (AvgIpc) is 3.65. The largest absolute Gasteiger partial charge is 0.455 e. The van der Waals surface area contributed by atoms with Crippen molar-refractivity contribution in [1.29, 1.82) is 0 Å². The molecule has 0 aliphatic rings. The third-order valence-electron chi connectivity index (χ3n) is 11.4. The highest BCUT2D eigenvalue weighted by Gasteiger charge is 2.22. The van der Waals surface area contributed by atoms with Crippen molar-refractivity contribution in [2.45, 2.75) is 0 Å². The van der Waals surface area contributed by atoms with E-state index < -0.39 is 0 Å². The lowest BCUT2D eigenvalue weighted by molar-refractivity contribution is 0.670. The molecule has 264 valence electrons. The van der Waals surface area contributed by atoms with E-state index in [9.17, 15) is 0 Å². The Kier molecular flexibility index (Phi) is 6.89. The third-order valence-corrected chi connectivity index (χ3v) is 11.4. The zero-order chi connectivity index (χ0) is 37.5. The van der Waals surface area contributed by atoms with Gasteiger partial charge in [-0.25, -0.2) is 15.0 Å². The molecule has 0 amide bonds. The maximum absolute atomic E-state index is 6.95. The number of rotatable bonds is 4. The topological polar surface area (TPSA) is 51.8 Å². The quantitative estimate of drug-likeness (QED) is 0.170. The number of hydrogen-bond acceptors (Lipinski definition) is 4. The zero-order valence-electron chi connectivity index (χ0n) is 30.6. The van der Waals surface area contributed by atoms with Gasteiger partial charge in [0.15, 0.2) is 17.5 Å². The minimum absolute atomic E-state index is 0.594. The van der Waals surface area contributed by atoms with Gasteiger partial charge in [-0.05, 0) is 89.8 Å². The van der Waals surface area contributed by atoms with Crippen LogP contribution in [0.2, 0.25) is 0 Å². The lowest BCUT2D eigenvalue weighted by Crippen LogP contribution is -2.00. The molecule has 12 rings (SSSR count). The van der Waals surface area contributed by atoms with Crippen molar-refractivity contribution in [3.63, 3.8) is 0 Å². The van der Waals surface area contributed by atoms with Gasteiger partial charge in [0, 0.05) is 33.0 Å². The summed E-state index contributed by atoms with van der Waals surface area (Å²) in [6.07, 6.45) is 0. The molecule has 0 aliphatic carbocycles. The van der Waals surface area contributed by atoms with Gasteiger partial charge in [0.1, 0.15) is 11.2 Å². The van der Waals surface area contributed by atoms with Gasteiger partial charge in [0.05, 0.1) is 0 Å². The fourth-order valence-electron chi connectivity index (χ4n) is 8.68. The molecular weight excluding hydrogens is 695 g/mol. The van der Waals surface area contributed by atoms with Crippen LogP contribution >= 0.6 is 0 Å². The van der Waals surface area contributed by atoms with Gasteiger partial charge >= 0.3 is 0 Å². The highest BCUT2D eigenvalue weighted by molar-refractivity contribution is 6.22. The van der Waals surface area contributed by atoms with Gasteiger partial charge < -0.3 is 4.42 Å². The van der Waals surface area contributed by atoms with E-state index in [1.807, 2.05) is 6.07 Å². The normalized spacial score (nSPS) is 11.9. The van der Waals surface area contributed by atoms with Crippen LogP contribution in [0.1, 0.15) is 0 Å². The molecule has 2 aromatic heterocycles. The highest BCUT2D eigenvalue weighted by atomic mass is 16.3. The van der Waals surface area contributed by atoms with Crippen LogP contribution in [-0.2, 0) is 0 Å². The Bertz CT molecular complexity index is 3500. The minimum Gasteiger partial charge on any atom is -0.455 e. The van der Waals surface area contributed by atoms with E-state index in [1.165, 1.54) is 32.3 Å². The molecule has 0 unspecified atom stereocenters. The number of hydrogen-bond donors (Lipinski definition) is 0. The molecule has 0 spiro atoms. The Labute approximate surface area is 327 Å². The maximum atomic E-state index is 6.95. The van der Waals surface area contributed by atoms with Crippen LogP contribution in [0.3, 0.4) is 0 Å². The fraction of sp³-hybridized carbons (Fsp3) is 0. The van der Waals surface area contributed by atoms with Crippen LogP contribution < -0.4 is 0 Å². The van der Waals surface area contributed by atoms with Crippen LogP contribution in [0.25, 0.3) is 121 Å². The van der Waals surface area contributed by atoms with Crippen LogP contribution in [0, 0.1) is 0 Å². The molecule has 0 aliphatic heterocycles. The third kappa shape index (κ3) is 5.12. The second kappa shape index (κ2) is 12.4. The number of nitrogens with zero attached hydrogens (tertiary/aromatic N) is 3. The van der Waals surface area contributed by atoms with E-state index in [-0.39, 0.29) is 0 Å². The summed E-state index contributed by atoms with van der Waals surface area (Å²) in [5.41, 5.74) is 6.56. The molecule has 0 atom stereocenters. The standard InChI is InChI=1S/C53H31N3O/c1-3-13-35-28-40(24-20-32(35)10-1)51-54-52(41-25-21-33-11-2-4-14-36(33)29-41)56-53(55-51)45-18-9-19-47-49(45)46-31-37-15-6-8-17-44(37)48(50(46)57-47)39-26-27-43-38(30-39)23-22-34-12-5-7-16-42(34)43/h1-31H. The second-order valence-electron chi connectivity index (χ2n) is 14.8. The van der Waals surface area contributed by atoms with Gasteiger partial charge in [-0.2, -0.15) is 0 Å². The SMILES string of the molecule is c1ccc2cc(-c3nc(-c4ccc5ccccc5c4)nc(-c4cccc5oc6c(-c7ccc8c(ccc9ccccc98)c7)c7ccccc7cc6c45)n3)ccc2c1. The molecule has 12 aromatic rings. The minimum atomic E-state index is 0.594. The Balaban J connectivity index is 1.11. The molecule has 0 radical (unpaired) electrons. The first kappa shape index (κ1) is 31.6. The smallest absolute Gasteiger partial charge is 0.164 e. The summed E-state index contributed by atoms with van der Waals surface area (Å²) >= 11 is 0. The van der Waals surface area contributed by atoms with Gasteiger partial charge in [0.2, 0.25) is 0 Å². The predicted molar refractivity (Wildman–Crippen MR) is 236 cm³/mol. The van der Waals surface area contributed by atoms with Crippen molar-refractivity contribution in [2.24, 2.45) is 0 Å². The Morgan fingerprint density at radius 3 is 1.54 bits per heavy atom. The highest BCUT2D eigenvalue weighted by Crippen LogP contribution is 2.45. The lowest BCUT2D eigenvalue weighted by atomic mass is 9.92. The van der Waals surface area contributed by atoms with E-state index in [2.05, 4.69) is 182 Å². The molecule has 0 fully saturated rings. The Hall–Kier alpha value is -7.69. The number of aromatic nitrogens is 3. The van der Waals surface area contributed by atoms with Crippen molar-refractivity contribution in [3.05, 3.63) is 188 Å². The van der Waals surface area contributed by atoms with Crippen molar-refractivity contribution < 1.29 is 4.42 Å². The van der Waals surface area contributed by atoms with Crippen LogP contribution in [-0.4, -0.2) is 15.0 Å². The first-order valence-corrected chi connectivity index (χ1v) is 19.3. The maximum Gasteiger partial charge on any atom is 0.164 e. The van der Waals surface area contributed by atoms with Crippen LogP contribution in [0.5, 0.6) is 0 Å². The molecule has 0 saturated carbocycles. The molecule has 2 heterocycles. The van der Waals surface area contributed by atoms with E-state index in [0.29, 0.717) is 17.5 Å². The van der Waals surface area contributed by atoms with Gasteiger partial charge in [-0.1, -0.05) is 158 Å². The van der Waals surface area contributed by atoms with Crippen LogP contribution in [0.15, 0.2) is 192 Å². The van der Waals surface area contributed by atoms with E-state index in [1.54, 1.807) is 0 Å². The first-order chi connectivity index (χ1) is 28.2. The van der Waals surface area contributed by atoms with Crippen molar-refractivity contribution in [3.8, 4) is 45.3 Å². The molecule has 0 bridgehead atoms. The molecule has 0 N–H and O–H groups in total. The lowest BCUT2D eigenvalue weighted by Gasteiger charge is -2.12. The van der Waals surface area contributed by atoms with E-state index >= 15 is 0 Å². The van der Waals surface area contributed by atoms with E-state index in [4.69, 9.17) is 19.4 Å². The van der Waals surface area contributed by atoms with Crippen LogP contribution in [0.4, 0.5) is 0 Å². The summed E-state index contributed by atoms with van der Waals surface area (Å²) in [5.74, 6) is 1.83. The fourth-order valence-corrected chi connectivity index (χ4v) is 8.68. The molecule has 4 heteroatoms. The second-order valence-corrected chi connectivity index (χ2v) is 14.8. The van der Waals surface area contributed by atoms with E-state index in [0.717, 1.165) is 71.3 Å². The predicted octanol–water partition coefficient (Wildman–Crippen LogP) is 14.2. The van der Waals surface area contributed by atoms with Crippen molar-refractivity contribution in [2.75, 3.05) is 0 Å². The number of benzene rings is 10. The van der Waals surface area contributed by atoms with Crippen molar-refractivity contribution >= 4 is 75.8 Å². The average molecular weight is 726 g/mol. The molecular formula is C53H31N3O. The summed E-state index contributed by atoms with van der Waals surface area (Å²) in [6.45, 7) is 0. The Morgan fingerprint density at radius 1 is 0.316 bits per heavy atom. The molecule has 4 nitrogen and oxygen atoms in total. The van der Waals surface area contributed by atoms with Gasteiger partial charge in [0.25, 0.3) is 0 Å². The van der Waals surface area contributed by atoms with Gasteiger partial charge in [-0.3, -0.25) is 0 Å². The zero-order valence-corrected chi connectivity index (χ0v) is 30.6. The Morgan fingerprint density at radius 2 is 0.825 bits per heavy atom. The summed E-state index contributed by atoms with van der Waals surface area (Å²) in [5, 5.41) is 13.8.